The van der Waals surface area contributed by atoms with Crippen LogP contribution < -0.4 is 9.64 Å². The summed E-state index contributed by atoms with van der Waals surface area (Å²) in [4.78, 5) is 19.9. The Bertz CT molecular complexity index is 1080. The minimum Gasteiger partial charge on any atom is -0.497 e. The number of carbonyl (C=O) groups excluding carboxylic acids is 1. The Morgan fingerprint density at radius 3 is 2.40 bits per heavy atom. The number of nitrogens with zero attached hydrogens (tertiary/aromatic N) is 2. The minimum atomic E-state index is -0.621. The monoisotopic (exact) mass is 438 g/mol. The van der Waals surface area contributed by atoms with Crippen LogP contribution in [0.15, 0.2) is 77.8 Å². The van der Waals surface area contributed by atoms with E-state index in [1.165, 1.54) is 0 Å². The van der Waals surface area contributed by atoms with Crippen molar-refractivity contribution in [1.29, 1.82) is 0 Å². The van der Waals surface area contributed by atoms with Crippen LogP contribution in [-0.4, -0.2) is 24.2 Å². The average Bonchev–Trinajstić information content (AvgIpc) is 2.86. The molecule has 0 aromatic heterocycles. The zero-order chi connectivity index (χ0) is 21.1. The molecule has 3 aromatic carbocycles. The Kier molecular flexibility index (Phi) is 6.07. The lowest BCUT2D eigenvalue weighted by Gasteiger charge is -2.25. The molecule has 1 atom stereocenters. The van der Waals surface area contributed by atoms with Gasteiger partial charge >= 0.3 is 0 Å². The van der Waals surface area contributed by atoms with E-state index in [1.807, 2.05) is 60.7 Å². The van der Waals surface area contributed by atoms with E-state index in [0.29, 0.717) is 34.4 Å². The highest BCUT2D eigenvalue weighted by Gasteiger charge is 2.31. The summed E-state index contributed by atoms with van der Waals surface area (Å²) in [6.07, 6.45) is 0.469. The van der Waals surface area contributed by atoms with Crippen molar-refractivity contribution in [2.75, 3.05) is 12.0 Å². The van der Waals surface area contributed by atoms with Crippen molar-refractivity contribution >= 4 is 40.0 Å². The average molecular weight is 439 g/mol. The molecule has 6 heteroatoms. The Morgan fingerprint density at radius 2 is 1.70 bits per heavy atom. The fourth-order valence-corrected chi connectivity index (χ4v) is 3.96. The number of carbonyl (C=O) groups is 1. The fourth-order valence-electron chi connectivity index (χ4n) is 3.52. The van der Waals surface area contributed by atoms with Gasteiger partial charge in [0.25, 0.3) is 5.91 Å². The molecule has 0 saturated carbocycles. The van der Waals surface area contributed by atoms with E-state index in [1.54, 1.807) is 24.1 Å². The van der Waals surface area contributed by atoms with E-state index in [9.17, 15) is 4.79 Å². The third kappa shape index (κ3) is 4.35. The maximum atomic E-state index is 13.6. The molecule has 0 bridgehead atoms. The second-order valence-electron chi connectivity index (χ2n) is 7.06. The van der Waals surface area contributed by atoms with Crippen molar-refractivity contribution in [2.24, 2.45) is 4.99 Å². The molecular formula is C24H20Cl2N2O2. The number of amides is 1. The van der Waals surface area contributed by atoms with E-state index in [2.05, 4.69) is 4.99 Å². The first kappa shape index (κ1) is 20.5. The Hall–Kier alpha value is -2.82. The SMILES string of the molecule is COc1ccc(CN2C(=O)C(Cc3ccccc3)N=C(Cl)c3cc(Cl)ccc32)cc1. The highest BCUT2D eigenvalue weighted by molar-refractivity contribution is 6.70. The Morgan fingerprint density at radius 1 is 0.967 bits per heavy atom. The molecule has 4 rings (SSSR count). The summed E-state index contributed by atoms with van der Waals surface area (Å²) in [5.41, 5.74) is 3.35. The van der Waals surface area contributed by atoms with Crippen LogP contribution in [0.4, 0.5) is 5.69 Å². The van der Waals surface area contributed by atoms with Gasteiger partial charge in [0.15, 0.2) is 0 Å². The first-order valence-electron chi connectivity index (χ1n) is 9.56. The van der Waals surface area contributed by atoms with Crippen LogP contribution in [0.25, 0.3) is 0 Å². The number of fused-ring (bicyclic) bond motifs is 1. The van der Waals surface area contributed by atoms with Crippen LogP contribution in [0, 0.1) is 0 Å². The third-order valence-corrected chi connectivity index (χ3v) is 5.60. The molecule has 4 nitrogen and oxygen atoms in total. The quantitative estimate of drug-likeness (QED) is 0.528. The van der Waals surface area contributed by atoms with Crippen molar-refractivity contribution in [3.63, 3.8) is 0 Å². The van der Waals surface area contributed by atoms with Crippen LogP contribution in [0.5, 0.6) is 5.75 Å². The molecule has 0 fully saturated rings. The van der Waals surface area contributed by atoms with Crippen LogP contribution in [0.1, 0.15) is 16.7 Å². The fraction of sp³-hybridized carbons (Fsp3) is 0.167. The highest BCUT2D eigenvalue weighted by atomic mass is 35.5. The first-order valence-corrected chi connectivity index (χ1v) is 10.3. The van der Waals surface area contributed by atoms with Crippen LogP contribution in [0.3, 0.4) is 0 Å². The zero-order valence-electron chi connectivity index (χ0n) is 16.4. The number of hydrogen-bond donors (Lipinski definition) is 0. The molecule has 0 spiro atoms. The van der Waals surface area contributed by atoms with Gasteiger partial charge in [-0.3, -0.25) is 9.79 Å². The molecule has 0 N–H and O–H groups in total. The number of methoxy groups -OCH3 is 1. The van der Waals surface area contributed by atoms with E-state index in [0.717, 1.165) is 16.9 Å². The summed E-state index contributed by atoms with van der Waals surface area (Å²) >= 11 is 12.8. The van der Waals surface area contributed by atoms with E-state index in [4.69, 9.17) is 27.9 Å². The van der Waals surface area contributed by atoms with E-state index >= 15 is 0 Å². The normalized spacial score (nSPS) is 16.0. The second kappa shape index (κ2) is 8.90. The van der Waals surface area contributed by atoms with Crippen molar-refractivity contribution in [1.82, 2.24) is 0 Å². The summed E-state index contributed by atoms with van der Waals surface area (Å²) in [7, 11) is 1.63. The topological polar surface area (TPSA) is 41.9 Å². The standard InChI is InChI=1S/C24H20Cl2N2O2/c1-30-19-10-7-17(8-11-19)15-28-22-12-9-18(25)14-20(22)23(26)27-21(24(28)29)13-16-5-3-2-4-6-16/h2-12,14,21H,13,15H2,1H3. The predicted molar refractivity (Wildman–Crippen MR) is 122 cm³/mol. The molecule has 152 valence electrons. The van der Waals surface area contributed by atoms with E-state index in [-0.39, 0.29) is 5.91 Å². The van der Waals surface area contributed by atoms with Gasteiger partial charge in [0.1, 0.15) is 17.0 Å². The number of anilines is 1. The lowest BCUT2D eigenvalue weighted by Crippen LogP contribution is -2.38. The lowest BCUT2D eigenvalue weighted by molar-refractivity contribution is -0.119. The first-order chi connectivity index (χ1) is 14.5. The summed E-state index contributed by atoms with van der Waals surface area (Å²) in [6.45, 7) is 0.391. The van der Waals surface area contributed by atoms with Crippen molar-refractivity contribution in [3.05, 3.63) is 94.5 Å². The summed E-state index contributed by atoms with van der Waals surface area (Å²) < 4.78 is 5.24. The van der Waals surface area contributed by atoms with Gasteiger partial charge in [-0.05, 0) is 41.5 Å². The van der Waals surface area contributed by atoms with Gasteiger partial charge in [0.2, 0.25) is 0 Å². The highest BCUT2D eigenvalue weighted by Crippen LogP contribution is 2.32. The molecule has 3 aromatic rings. The summed E-state index contributed by atoms with van der Waals surface area (Å²) in [5, 5.41) is 0.833. The lowest BCUT2D eigenvalue weighted by atomic mass is 10.0. The van der Waals surface area contributed by atoms with Gasteiger partial charge in [0, 0.05) is 17.0 Å². The maximum absolute atomic E-state index is 13.6. The number of halogens is 2. The number of benzodiazepines with no additional fused rings is 1. The Labute approximate surface area is 185 Å². The van der Waals surface area contributed by atoms with Crippen molar-refractivity contribution < 1.29 is 9.53 Å². The van der Waals surface area contributed by atoms with E-state index < -0.39 is 6.04 Å². The molecular weight excluding hydrogens is 419 g/mol. The molecule has 1 aliphatic heterocycles. The minimum absolute atomic E-state index is 0.103. The van der Waals surface area contributed by atoms with Gasteiger partial charge in [0.05, 0.1) is 19.3 Å². The van der Waals surface area contributed by atoms with Crippen LogP contribution in [-0.2, 0) is 17.8 Å². The summed E-state index contributed by atoms with van der Waals surface area (Å²) in [6, 6.07) is 22.2. The molecule has 0 aliphatic carbocycles. The molecule has 1 heterocycles. The zero-order valence-corrected chi connectivity index (χ0v) is 17.9. The van der Waals surface area contributed by atoms with Crippen molar-refractivity contribution in [2.45, 2.75) is 19.0 Å². The molecule has 0 radical (unpaired) electrons. The summed E-state index contributed by atoms with van der Waals surface area (Å²) in [5.74, 6) is 0.662. The number of aliphatic imine (C=N–C) groups is 1. The maximum Gasteiger partial charge on any atom is 0.252 e. The molecule has 0 saturated heterocycles. The number of benzene rings is 3. The second-order valence-corrected chi connectivity index (χ2v) is 7.85. The van der Waals surface area contributed by atoms with Crippen LogP contribution >= 0.6 is 23.2 Å². The predicted octanol–water partition coefficient (Wildman–Crippen LogP) is 5.49. The number of rotatable bonds is 5. The van der Waals surface area contributed by atoms with Gasteiger partial charge in [-0.15, -0.1) is 0 Å². The third-order valence-electron chi connectivity index (χ3n) is 5.06. The number of hydrogen-bond acceptors (Lipinski definition) is 3. The largest absolute Gasteiger partial charge is 0.497 e. The van der Waals surface area contributed by atoms with Gasteiger partial charge in [-0.2, -0.15) is 0 Å². The number of ether oxygens (including phenoxy) is 1. The molecule has 1 amide bonds. The smallest absolute Gasteiger partial charge is 0.252 e. The van der Waals surface area contributed by atoms with Crippen LogP contribution in [0.2, 0.25) is 5.02 Å². The van der Waals surface area contributed by atoms with Gasteiger partial charge in [-0.25, -0.2) is 0 Å². The van der Waals surface area contributed by atoms with Crippen molar-refractivity contribution in [3.8, 4) is 5.75 Å². The Balaban J connectivity index is 1.73. The molecule has 30 heavy (non-hydrogen) atoms. The molecule has 1 aliphatic rings. The molecule has 1 unspecified atom stereocenters. The van der Waals surface area contributed by atoms with Gasteiger partial charge in [-0.1, -0.05) is 65.7 Å². The van der Waals surface area contributed by atoms with Gasteiger partial charge < -0.3 is 9.64 Å².